The molecule has 0 aromatic heterocycles. The molecule has 0 amide bonds. The van der Waals surface area contributed by atoms with Crippen LogP contribution in [0.25, 0.3) is 0 Å². The van der Waals surface area contributed by atoms with Crippen molar-refractivity contribution in [3.05, 3.63) is 0 Å². The summed E-state index contributed by atoms with van der Waals surface area (Å²) in [4.78, 5) is 4.85. The highest BCUT2D eigenvalue weighted by Gasteiger charge is 2.17. The van der Waals surface area contributed by atoms with E-state index in [-0.39, 0.29) is 0 Å². The summed E-state index contributed by atoms with van der Waals surface area (Å²) >= 11 is 0. The van der Waals surface area contributed by atoms with E-state index in [1.54, 1.807) is 0 Å². The molecule has 84 valence electrons. The number of nitrogens with zero attached hydrogens (tertiary/aromatic N) is 2. The number of likely N-dealkylation sites (N-methyl/N-ethyl adjacent to an activating group) is 1. The molecule has 1 rings (SSSR count). The SMILES string of the molecule is CNCC1CCN(CCN(C)C)CC1. The largest absolute Gasteiger partial charge is 0.319 e. The predicted octanol–water partition coefficient (Wildman–Crippen LogP) is 0.479. The van der Waals surface area contributed by atoms with Gasteiger partial charge in [0.05, 0.1) is 0 Å². The molecule has 0 unspecified atom stereocenters. The van der Waals surface area contributed by atoms with Gasteiger partial charge in [-0.2, -0.15) is 0 Å². The molecule has 0 atom stereocenters. The molecule has 0 aromatic rings. The Hall–Kier alpha value is -0.120. The van der Waals surface area contributed by atoms with Crippen LogP contribution in [0.15, 0.2) is 0 Å². The minimum absolute atomic E-state index is 0.913. The zero-order valence-electron chi connectivity index (χ0n) is 9.92. The van der Waals surface area contributed by atoms with Crippen LogP contribution in [0.4, 0.5) is 0 Å². The minimum Gasteiger partial charge on any atom is -0.319 e. The van der Waals surface area contributed by atoms with Gasteiger partial charge in [-0.05, 0) is 59.5 Å². The van der Waals surface area contributed by atoms with E-state index in [2.05, 4.69) is 36.3 Å². The molecule has 1 fully saturated rings. The van der Waals surface area contributed by atoms with Crippen molar-refractivity contribution in [3.8, 4) is 0 Å². The number of piperidine rings is 1. The summed E-state index contributed by atoms with van der Waals surface area (Å²) in [6.45, 7) is 6.21. The molecular formula is C11H25N3. The summed E-state index contributed by atoms with van der Waals surface area (Å²) in [5.41, 5.74) is 0. The van der Waals surface area contributed by atoms with E-state index in [9.17, 15) is 0 Å². The van der Waals surface area contributed by atoms with Gasteiger partial charge in [0.1, 0.15) is 0 Å². The summed E-state index contributed by atoms with van der Waals surface area (Å²) in [6.07, 6.45) is 2.74. The lowest BCUT2D eigenvalue weighted by atomic mass is 9.97. The smallest absolute Gasteiger partial charge is 0.0109 e. The molecule has 0 aromatic carbocycles. The lowest BCUT2D eigenvalue weighted by Gasteiger charge is -2.32. The van der Waals surface area contributed by atoms with Crippen LogP contribution >= 0.6 is 0 Å². The second-order valence-electron chi connectivity index (χ2n) is 4.65. The zero-order valence-corrected chi connectivity index (χ0v) is 9.92. The normalized spacial score (nSPS) is 20.6. The molecule has 1 aliphatic rings. The monoisotopic (exact) mass is 199 g/mol. The Kier molecular flexibility index (Phi) is 5.45. The van der Waals surface area contributed by atoms with E-state index >= 15 is 0 Å². The van der Waals surface area contributed by atoms with Crippen LogP contribution in [0.1, 0.15) is 12.8 Å². The van der Waals surface area contributed by atoms with E-state index in [1.807, 2.05) is 0 Å². The van der Waals surface area contributed by atoms with E-state index in [0.717, 1.165) is 5.92 Å². The Labute approximate surface area is 88.5 Å². The first kappa shape index (κ1) is 12.0. The molecule has 1 N–H and O–H groups in total. The van der Waals surface area contributed by atoms with E-state index in [1.165, 1.54) is 45.6 Å². The molecule has 1 aliphatic heterocycles. The van der Waals surface area contributed by atoms with Gasteiger partial charge in [0.25, 0.3) is 0 Å². The van der Waals surface area contributed by atoms with Crippen LogP contribution < -0.4 is 5.32 Å². The highest BCUT2D eigenvalue weighted by molar-refractivity contribution is 4.73. The van der Waals surface area contributed by atoms with Gasteiger partial charge in [-0.15, -0.1) is 0 Å². The van der Waals surface area contributed by atoms with E-state index in [4.69, 9.17) is 0 Å². The Morgan fingerprint density at radius 1 is 1.29 bits per heavy atom. The Balaban J connectivity index is 2.09. The van der Waals surface area contributed by atoms with Crippen molar-refractivity contribution in [2.75, 3.05) is 53.9 Å². The molecular weight excluding hydrogens is 174 g/mol. The third-order valence-corrected chi connectivity index (χ3v) is 3.06. The highest BCUT2D eigenvalue weighted by Crippen LogP contribution is 2.15. The van der Waals surface area contributed by atoms with Crippen molar-refractivity contribution >= 4 is 0 Å². The lowest BCUT2D eigenvalue weighted by Crippen LogP contribution is -2.39. The Morgan fingerprint density at radius 3 is 2.43 bits per heavy atom. The molecule has 0 saturated carbocycles. The fraction of sp³-hybridized carbons (Fsp3) is 1.00. The standard InChI is InChI=1S/C11H25N3/c1-12-10-11-4-6-14(7-5-11)9-8-13(2)3/h11-12H,4-10H2,1-3H3. The van der Waals surface area contributed by atoms with Gasteiger partial charge in [0.2, 0.25) is 0 Å². The van der Waals surface area contributed by atoms with Gasteiger partial charge in [-0.3, -0.25) is 0 Å². The molecule has 3 heteroatoms. The molecule has 1 heterocycles. The fourth-order valence-corrected chi connectivity index (χ4v) is 2.04. The van der Waals surface area contributed by atoms with E-state index < -0.39 is 0 Å². The summed E-state index contributed by atoms with van der Waals surface area (Å²) in [5, 5.41) is 3.28. The second-order valence-corrected chi connectivity index (χ2v) is 4.65. The summed E-state index contributed by atoms with van der Waals surface area (Å²) in [5.74, 6) is 0.913. The van der Waals surface area contributed by atoms with E-state index in [0.29, 0.717) is 0 Å². The molecule has 14 heavy (non-hydrogen) atoms. The maximum Gasteiger partial charge on any atom is 0.0109 e. The summed E-state index contributed by atoms with van der Waals surface area (Å²) in [6, 6.07) is 0. The van der Waals surface area contributed by atoms with Crippen LogP contribution in [-0.4, -0.2) is 63.7 Å². The van der Waals surface area contributed by atoms with Crippen LogP contribution in [-0.2, 0) is 0 Å². The quantitative estimate of drug-likeness (QED) is 0.695. The Morgan fingerprint density at radius 2 is 1.93 bits per heavy atom. The molecule has 1 saturated heterocycles. The van der Waals surface area contributed by atoms with Crippen molar-refractivity contribution in [3.63, 3.8) is 0 Å². The topological polar surface area (TPSA) is 18.5 Å². The lowest BCUT2D eigenvalue weighted by molar-refractivity contribution is 0.170. The first-order valence-corrected chi connectivity index (χ1v) is 5.74. The van der Waals surface area contributed by atoms with Crippen molar-refractivity contribution < 1.29 is 0 Å². The number of hydrogen-bond acceptors (Lipinski definition) is 3. The number of rotatable bonds is 5. The summed E-state index contributed by atoms with van der Waals surface area (Å²) in [7, 11) is 6.35. The molecule has 0 bridgehead atoms. The molecule has 0 radical (unpaired) electrons. The maximum atomic E-state index is 3.28. The highest BCUT2D eigenvalue weighted by atomic mass is 15.2. The fourth-order valence-electron chi connectivity index (χ4n) is 2.04. The number of nitrogens with one attached hydrogen (secondary N) is 1. The van der Waals surface area contributed by atoms with Gasteiger partial charge in [-0.1, -0.05) is 0 Å². The maximum absolute atomic E-state index is 3.28. The third-order valence-electron chi connectivity index (χ3n) is 3.06. The van der Waals surface area contributed by atoms with Gasteiger partial charge in [-0.25, -0.2) is 0 Å². The van der Waals surface area contributed by atoms with Crippen molar-refractivity contribution in [1.29, 1.82) is 0 Å². The zero-order chi connectivity index (χ0) is 10.4. The van der Waals surface area contributed by atoms with Crippen LogP contribution in [0.5, 0.6) is 0 Å². The van der Waals surface area contributed by atoms with Crippen molar-refractivity contribution in [2.24, 2.45) is 5.92 Å². The van der Waals surface area contributed by atoms with Gasteiger partial charge in [0, 0.05) is 13.1 Å². The van der Waals surface area contributed by atoms with Gasteiger partial charge < -0.3 is 15.1 Å². The van der Waals surface area contributed by atoms with Gasteiger partial charge in [0.15, 0.2) is 0 Å². The number of hydrogen-bond donors (Lipinski definition) is 1. The first-order valence-electron chi connectivity index (χ1n) is 5.74. The van der Waals surface area contributed by atoms with Crippen molar-refractivity contribution in [2.45, 2.75) is 12.8 Å². The predicted molar refractivity (Wildman–Crippen MR) is 61.6 cm³/mol. The van der Waals surface area contributed by atoms with Crippen LogP contribution in [0, 0.1) is 5.92 Å². The average Bonchev–Trinajstić information content (AvgIpc) is 2.17. The average molecular weight is 199 g/mol. The van der Waals surface area contributed by atoms with Crippen LogP contribution in [0.3, 0.4) is 0 Å². The third kappa shape index (κ3) is 4.40. The van der Waals surface area contributed by atoms with Crippen molar-refractivity contribution in [1.82, 2.24) is 15.1 Å². The Bertz CT molecular complexity index is 139. The minimum atomic E-state index is 0.913. The molecule has 3 nitrogen and oxygen atoms in total. The molecule has 0 spiro atoms. The number of likely N-dealkylation sites (tertiary alicyclic amines) is 1. The van der Waals surface area contributed by atoms with Gasteiger partial charge >= 0.3 is 0 Å². The molecule has 0 aliphatic carbocycles. The first-order chi connectivity index (χ1) is 6.72. The summed E-state index contributed by atoms with van der Waals surface area (Å²) < 4.78 is 0. The second kappa shape index (κ2) is 6.38. The van der Waals surface area contributed by atoms with Crippen LogP contribution in [0.2, 0.25) is 0 Å².